The van der Waals surface area contributed by atoms with E-state index in [1.165, 1.54) is 38.5 Å². The van der Waals surface area contributed by atoms with E-state index in [2.05, 4.69) is 16.5 Å². The molecule has 1 aromatic carbocycles. The maximum absolute atomic E-state index is 12.8. The maximum Gasteiger partial charge on any atom is 0.257 e. The second-order valence-electron chi connectivity index (χ2n) is 8.21. The summed E-state index contributed by atoms with van der Waals surface area (Å²) in [4.78, 5) is 17.2. The lowest BCUT2D eigenvalue weighted by atomic mass is 10.00. The van der Waals surface area contributed by atoms with Crippen LogP contribution in [0.3, 0.4) is 0 Å². The molecule has 0 radical (unpaired) electrons. The molecule has 7 nitrogen and oxygen atoms in total. The number of nitrogens with zero attached hydrogens (tertiary/aromatic N) is 2. The van der Waals surface area contributed by atoms with E-state index in [4.69, 9.17) is 4.74 Å². The molecule has 2 aliphatic heterocycles. The first-order chi connectivity index (χ1) is 14.5. The van der Waals surface area contributed by atoms with Crippen LogP contribution in [0.5, 0.6) is 5.75 Å². The largest absolute Gasteiger partial charge is 0.496 e. The number of carbonyl (C=O) groups excluding carboxylic acids is 1. The second kappa shape index (κ2) is 10.6. The molecule has 2 fully saturated rings. The number of hydrogen-bond acceptors (Lipinski definition) is 5. The monoisotopic (exact) mass is 437 g/mol. The number of rotatable bonds is 9. The van der Waals surface area contributed by atoms with Crippen molar-refractivity contribution in [3.8, 4) is 5.75 Å². The van der Waals surface area contributed by atoms with Gasteiger partial charge in [-0.1, -0.05) is 13.3 Å². The molecule has 0 spiro atoms. The first-order valence-electron chi connectivity index (χ1n) is 11.2. The molecule has 0 aromatic heterocycles. The van der Waals surface area contributed by atoms with Crippen LogP contribution in [0.4, 0.5) is 0 Å². The van der Waals surface area contributed by atoms with Crippen LogP contribution < -0.4 is 9.46 Å². The van der Waals surface area contributed by atoms with E-state index in [1.54, 1.807) is 11.0 Å². The molecule has 2 aliphatic rings. The molecule has 0 saturated carbocycles. The van der Waals surface area contributed by atoms with E-state index < -0.39 is 10.0 Å². The van der Waals surface area contributed by atoms with Crippen LogP contribution >= 0.6 is 0 Å². The first kappa shape index (κ1) is 23.0. The van der Waals surface area contributed by atoms with Gasteiger partial charge in [0.25, 0.3) is 5.91 Å². The number of hydrogen-bond donors (Lipinski definition) is 1. The molecule has 2 heterocycles. The van der Waals surface area contributed by atoms with Gasteiger partial charge < -0.3 is 14.5 Å². The Hall–Kier alpha value is -1.64. The summed E-state index contributed by atoms with van der Waals surface area (Å²) < 4.78 is 33.6. The highest BCUT2D eigenvalue weighted by molar-refractivity contribution is 7.89. The lowest BCUT2D eigenvalue weighted by Crippen LogP contribution is -2.40. The van der Waals surface area contributed by atoms with Crippen LogP contribution in [0.2, 0.25) is 0 Å². The van der Waals surface area contributed by atoms with Crippen molar-refractivity contribution in [2.45, 2.75) is 62.8 Å². The van der Waals surface area contributed by atoms with E-state index in [0.717, 1.165) is 38.8 Å². The summed E-state index contributed by atoms with van der Waals surface area (Å²) in [5, 5.41) is 0. The zero-order valence-corrected chi connectivity index (χ0v) is 19.0. The predicted octanol–water partition coefficient (Wildman–Crippen LogP) is 2.86. The number of nitrogens with one attached hydrogen (secondary N) is 1. The zero-order chi connectivity index (χ0) is 21.6. The summed E-state index contributed by atoms with van der Waals surface area (Å²) in [7, 11) is -2.19. The summed E-state index contributed by atoms with van der Waals surface area (Å²) in [5.41, 5.74) is 0.307. The molecule has 8 heteroatoms. The van der Waals surface area contributed by atoms with Crippen molar-refractivity contribution in [1.29, 1.82) is 0 Å². The van der Waals surface area contributed by atoms with Crippen molar-refractivity contribution in [1.82, 2.24) is 14.5 Å². The van der Waals surface area contributed by atoms with E-state index >= 15 is 0 Å². The van der Waals surface area contributed by atoms with Crippen LogP contribution in [-0.2, 0) is 10.0 Å². The summed E-state index contributed by atoms with van der Waals surface area (Å²) in [6.45, 7) is 6.01. The van der Waals surface area contributed by atoms with Gasteiger partial charge in [0, 0.05) is 25.7 Å². The van der Waals surface area contributed by atoms with Crippen molar-refractivity contribution in [2.75, 3.05) is 39.8 Å². The number of methoxy groups -OCH3 is 1. The minimum atomic E-state index is -3.68. The number of likely N-dealkylation sites (tertiary alicyclic amines) is 2. The molecule has 168 valence electrons. The average Bonchev–Trinajstić information content (AvgIpc) is 3.31. The highest BCUT2D eigenvalue weighted by atomic mass is 32.2. The molecule has 30 heavy (non-hydrogen) atoms. The topological polar surface area (TPSA) is 79.0 Å². The number of benzene rings is 1. The Morgan fingerprint density at radius 3 is 2.60 bits per heavy atom. The SMILES string of the molecule is CCC1CCCCN1CCCNS(=O)(=O)c1ccc(OC)c(C(=O)N2CCCC2)c1. The molecule has 1 atom stereocenters. The highest BCUT2D eigenvalue weighted by Crippen LogP contribution is 2.25. The lowest BCUT2D eigenvalue weighted by Gasteiger charge is -2.35. The number of carbonyl (C=O) groups is 1. The first-order valence-corrected chi connectivity index (χ1v) is 12.7. The van der Waals surface area contributed by atoms with Crippen molar-refractivity contribution >= 4 is 15.9 Å². The van der Waals surface area contributed by atoms with Gasteiger partial charge in [0.15, 0.2) is 0 Å². The third-order valence-corrected chi connectivity index (χ3v) is 7.70. The van der Waals surface area contributed by atoms with Crippen molar-refractivity contribution in [3.05, 3.63) is 23.8 Å². The summed E-state index contributed by atoms with van der Waals surface area (Å²) in [6, 6.07) is 5.13. The van der Waals surface area contributed by atoms with E-state index in [0.29, 0.717) is 37.0 Å². The van der Waals surface area contributed by atoms with Gasteiger partial charge >= 0.3 is 0 Å². The van der Waals surface area contributed by atoms with E-state index in [1.807, 2.05) is 0 Å². The highest BCUT2D eigenvalue weighted by Gasteiger charge is 2.25. The average molecular weight is 438 g/mol. The molecule has 0 aliphatic carbocycles. The molecule has 0 bridgehead atoms. The van der Waals surface area contributed by atoms with Gasteiger partial charge in [-0.05, 0) is 69.8 Å². The van der Waals surface area contributed by atoms with E-state index in [-0.39, 0.29) is 10.8 Å². The van der Waals surface area contributed by atoms with Gasteiger partial charge in [0.05, 0.1) is 17.6 Å². The predicted molar refractivity (Wildman–Crippen MR) is 117 cm³/mol. The third kappa shape index (κ3) is 5.53. The number of amides is 1. The standard InChI is InChI=1S/C22H35N3O4S/c1-3-18-9-4-5-13-24(18)16-8-12-23-30(27,28)19-10-11-21(29-2)20(17-19)22(26)25-14-6-7-15-25/h10-11,17-18,23H,3-9,12-16H2,1-2H3. The van der Waals surface area contributed by atoms with Gasteiger partial charge in [-0.25, -0.2) is 13.1 Å². The quantitative estimate of drug-likeness (QED) is 0.601. The summed E-state index contributed by atoms with van der Waals surface area (Å²) in [5.74, 6) is 0.235. The minimum absolute atomic E-state index is 0.107. The van der Waals surface area contributed by atoms with Crippen molar-refractivity contribution in [2.24, 2.45) is 0 Å². The third-order valence-electron chi connectivity index (χ3n) is 6.24. The molecule has 1 N–H and O–H groups in total. The Kier molecular flexibility index (Phi) is 8.13. The van der Waals surface area contributed by atoms with Gasteiger partial charge in [-0.3, -0.25) is 4.79 Å². The van der Waals surface area contributed by atoms with Crippen LogP contribution in [0.25, 0.3) is 0 Å². The molecular weight excluding hydrogens is 402 g/mol. The molecular formula is C22H35N3O4S. The van der Waals surface area contributed by atoms with Gasteiger partial charge in [0.1, 0.15) is 5.75 Å². The normalized spacial score (nSPS) is 20.5. The molecule has 2 saturated heterocycles. The smallest absolute Gasteiger partial charge is 0.257 e. The Bertz CT molecular complexity index is 822. The Balaban J connectivity index is 1.62. The second-order valence-corrected chi connectivity index (χ2v) is 9.97. The molecule has 3 rings (SSSR count). The number of ether oxygens (including phenoxy) is 1. The van der Waals surface area contributed by atoms with Crippen LogP contribution in [0.15, 0.2) is 23.1 Å². The fraction of sp³-hybridized carbons (Fsp3) is 0.682. The fourth-order valence-corrected chi connectivity index (χ4v) is 5.60. The van der Waals surface area contributed by atoms with Crippen LogP contribution in [0.1, 0.15) is 62.2 Å². The molecule has 1 amide bonds. The van der Waals surface area contributed by atoms with Crippen molar-refractivity contribution in [3.63, 3.8) is 0 Å². The Labute approximate surface area is 180 Å². The fourth-order valence-electron chi connectivity index (χ4n) is 4.50. The van der Waals surface area contributed by atoms with Crippen LogP contribution in [-0.4, -0.2) is 70.0 Å². The Morgan fingerprint density at radius 1 is 1.17 bits per heavy atom. The molecule has 1 aromatic rings. The number of sulfonamides is 1. The van der Waals surface area contributed by atoms with Gasteiger partial charge in [0.2, 0.25) is 10.0 Å². The van der Waals surface area contributed by atoms with Gasteiger partial charge in [-0.2, -0.15) is 0 Å². The minimum Gasteiger partial charge on any atom is -0.496 e. The maximum atomic E-state index is 12.8. The molecule has 1 unspecified atom stereocenters. The number of piperidine rings is 1. The lowest BCUT2D eigenvalue weighted by molar-refractivity contribution is 0.0789. The Morgan fingerprint density at radius 2 is 1.90 bits per heavy atom. The zero-order valence-electron chi connectivity index (χ0n) is 18.2. The van der Waals surface area contributed by atoms with Crippen molar-refractivity contribution < 1.29 is 17.9 Å². The van der Waals surface area contributed by atoms with Crippen LogP contribution in [0, 0.1) is 0 Å². The van der Waals surface area contributed by atoms with Gasteiger partial charge in [-0.15, -0.1) is 0 Å². The van der Waals surface area contributed by atoms with E-state index in [9.17, 15) is 13.2 Å². The summed E-state index contributed by atoms with van der Waals surface area (Å²) in [6.07, 6.45) is 7.62. The summed E-state index contributed by atoms with van der Waals surface area (Å²) >= 11 is 0.